The van der Waals surface area contributed by atoms with Crippen molar-refractivity contribution in [3.63, 3.8) is 0 Å². The molecule has 1 aromatic rings. The number of likely N-dealkylation sites (tertiary alicyclic amines) is 1. The van der Waals surface area contributed by atoms with Crippen LogP contribution in [-0.4, -0.2) is 29.1 Å². The molecule has 0 bridgehead atoms. The van der Waals surface area contributed by atoms with E-state index < -0.39 is 0 Å². The summed E-state index contributed by atoms with van der Waals surface area (Å²) in [5.74, 6) is 0.820. The molecule has 1 aromatic carbocycles. The summed E-state index contributed by atoms with van der Waals surface area (Å²) in [5, 5.41) is 10.4. The Hall–Kier alpha value is -0.860. The number of hydrogen-bond acceptors (Lipinski definition) is 2. The lowest BCUT2D eigenvalue weighted by atomic mass is 10.0. The maximum absolute atomic E-state index is 10.4. The van der Waals surface area contributed by atoms with E-state index in [1.807, 2.05) is 30.3 Å². The van der Waals surface area contributed by atoms with E-state index in [0.717, 1.165) is 24.6 Å². The van der Waals surface area contributed by atoms with E-state index in [0.29, 0.717) is 0 Å². The van der Waals surface area contributed by atoms with Gasteiger partial charge in [0.05, 0.1) is 6.10 Å². The number of benzene rings is 1. The minimum atomic E-state index is -0.369. The molecule has 94 valence electrons. The molecule has 0 spiro atoms. The Morgan fingerprint density at radius 2 is 2.06 bits per heavy atom. The van der Waals surface area contributed by atoms with Crippen LogP contribution in [0.4, 0.5) is 0 Å². The molecule has 0 radical (unpaired) electrons. The minimum absolute atomic E-state index is 0.217. The van der Waals surface area contributed by atoms with Crippen LogP contribution in [0.5, 0.6) is 0 Å². The summed E-state index contributed by atoms with van der Waals surface area (Å²) in [5.41, 5.74) is 1.03. The van der Waals surface area contributed by atoms with Crippen molar-refractivity contribution in [3.05, 3.63) is 35.9 Å². The summed E-state index contributed by atoms with van der Waals surface area (Å²) < 4.78 is 0. The van der Waals surface area contributed by atoms with Crippen molar-refractivity contribution in [1.29, 1.82) is 0 Å². The van der Waals surface area contributed by atoms with Crippen molar-refractivity contribution in [3.8, 4) is 0 Å². The Morgan fingerprint density at radius 1 is 1.35 bits per heavy atom. The first-order valence-corrected chi connectivity index (χ1v) is 6.69. The number of aliphatic hydroxyl groups excluding tert-OH is 1. The molecule has 17 heavy (non-hydrogen) atoms. The van der Waals surface area contributed by atoms with Gasteiger partial charge in [-0.3, -0.25) is 4.90 Å². The van der Waals surface area contributed by atoms with Gasteiger partial charge in [-0.25, -0.2) is 0 Å². The zero-order valence-electron chi connectivity index (χ0n) is 10.8. The van der Waals surface area contributed by atoms with Gasteiger partial charge in [0, 0.05) is 12.6 Å². The second-order valence-corrected chi connectivity index (χ2v) is 5.15. The molecule has 2 rings (SSSR count). The van der Waals surface area contributed by atoms with Crippen molar-refractivity contribution < 1.29 is 5.11 Å². The summed E-state index contributed by atoms with van der Waals surface area (Å²) in [4.78, 5) is 2.42. The number of hydrogen-bond donors (Lipinski definition) is 1. The molecule has 0 aromatic heterocycles. The molecule has 1 fully saturated rings. The lowest BCUT2D eigenvalue weighted by Gasteiger charge is -2.29. The standard InChI is InChI=1S/C15H23NO/c1-3-13-9-10-16(11-13)12(2)15(17)14-7-5-4-6-8-14/h4-8,12-13,15,17H,3,9-11H2,1-2H3/t12-,13+,15-/m0/s1. The summed E-state index contributed by atoms with van der Waals surface area (Å²) >= 11 is 0. The predicted octanol–water partition coefficient (Wildman–Crippen LogP) is 2.84. The molecule has 3 atom stereocenters. The van der Waals surface area contributed by atoms with E-state index >= 15 is 0 Å². The van der Waals surface area contributed by atoms with Crippen molar-refractivity contribution in [2.45, 2.75) is 38.8 Å². The average molecular weight is 233 g/mol. The molecule has 0 aliphatic carbocycles. The van der Waals surface area contributed by atoms with Crippen LogP contribution in [0.15, 0.2) is 30.3 Å². The highest BCUT2D eigenvalue weighted by molar-refractivity contribution is 5.18. The van der Waals surface area contributed by atoms with E-state index in [2.05, 4.69) is 18.7 Å². The van der Waals surface area contributed by atoms with Crippen LogP contribution >= 0.6 is 0 Å². The molecule has 2 nitrogen and oxygen atoms in total. The van der Waals surface area contributed by atoms with Crippen LogP contribution in [0.25, 0.3) is 0 Å². The van der Waals surface area contributed by atoms with Crippen molar-refractivity contribution in [2.24, 2.45) is 5.92 Å². The predicted molar refractivity (Wildman–Crippen MR) is 70.8 cm³/mol. The lowest BCUT2D eigenvalue weighted by Crippen LogP contribution is -2.35. The highest BCUT2D eigenvalue weighted by atomic mass is 16.3. The fourth-order valence-corrected chi connectivity index (χ4v) is 2.69. The van der Waals surface area contributed by atoms with Crippen molar-refractivity contribution in [1.82, 2.24) is 4.90 Å². The fraction of sp³-hybridized carbons (Fsp3) is 0.600. The Labute approximate surface area is 104 Å². The molecule has 0 amide bonds. The summed E-state index contributed by atoms with van der Waals surface area (Å²) in [6, 6.07) is 10.2. The fourth-order valence-electron chi connectivity index (χ4n) is 2.69. The number of rotatable bonds is 4. The van der Waals surface area contributed by atoms with Gasteiger partial charge in [0.15, 0.2) is 0 Å². The summed E-state index contributed by atoms with van der Waals surface area (Å²) in [7, 11) is 0. The summed E-state index contributed by atoms with van der Waals surface area (Å²) in [6.45, 7) is 6.66. The maximum atomic E-state index is 10.4. The van der Waals surface area contributed by atoms with E-state index in [4.69, 9.17) is 0 Å². The largest absolute Gasteiger partial charge is 0.387 e. The van der Waals surface area contributed by atoms with Crippen molar-refractivity contribution in [2.75, 3.05) is 13.1 Å². The van der Waals surface area contributed by atoms with E-state index in [-0.39, 0.29) is 12.1 Å². The van der Waals surface area contributed by atoms with Gasteiger partial charge in [-0.1, -0.05) is 43.7 Å². The third-order valence-electron chi connectivity index (χ3n) is 4.07. The van der Waals surface area contributed by atoms with E-state index in [9.17, 15) is 5.11 Å². The van der Waals surface area contributed by atoms with Gasteiger partial charge in [0.2, 0.25) is 0 Å². The first-order chi connectivity index (χ1) is 8.22. The van der Waals surface area contributed by atoms with Crippen LogP contribution in [0.2, 0.25) is 0 Å². The molecule has 1 saturated heterocycles. The topological polar surface area (TPSA) is 23.5 Å². The SMILES string of the molecule is CC[C@@H]1CCN([C@@H](C)[C@H](O)c2ccccc2)C1. The summed E-state index contributed by atoms with van der Waals surface area (Å²) in [6.07, 6.45) is 2.17. The molecular formula is C15H23NO. The molecule has 1 aliphatic heterocycles. The maximum Gasteiger partial charge on any atom is 0.0942 e. The Bertz CT molecular complexity index is 338. The molecule has 0 unspecified atom stereocenters. The third kappa shape index (κ3) is 2.88. The minimum Gasteiger partial charge on any atom is -0.387 e. The van der Waals surface area contributed by atoms with Gasteiger partial charge in [-0.15, -0.1) is 0 Å². The smallest absolute Gasteiger partial charge is 0.0942 e. The molecule has 0 saturated carbocycles. The van der Waals surface area contributed by atoms with E-state index in [1.165, 1.54) is 12.8 Å². The second kappa shape index (κ2) is 5.65. The normalized spacial score (nSPS) is 24.8. The molecule has 2 heteroatoms. The lowest BCUT2D eigenvalue weighted by molar-refractivity contribution is 0.0693. The number of aliphatic hydroxyl groups is 1. The second-order valence-electron chi connectivity index (χ2n) is 5.15. The molecule has 1 heterocycles. The first-order valence-electron chi connectivity index (χ1n) is 6.69. The highest BCUT2D eigenvalue weighted by Gasteiger charge is 2.29. The van der Waals surface area contributed by atoms with Crippen LogP contribution in [0.1, 0.15) is 38.4 Å². The molecule has 1 aliphatic rings. The molecule has 1 N–H and O–H groups in total. The van der Waals surface area contributed by atoms with Gasteiger partial charge in [-0.2, -0.15) is 0 Å². The monoisotopic (exact) mass is 233 g/mol. The van der Waals surface area contributed by atoms with E-state index in [1.54, 1.807) is 0 Å². The molecular weight excluding hydrogens is 210 g/mol. The van der Waals surface area contributed by atoms with Crippen molar-refractivity contribution >= 4 is 0 Å². The van der Waals surface area contributed by atoms with Crippen LogP contribution in [0.3, 0.4) is 0 Å². The van der Waals surface area contributed by atoms with Crippen LogP contribution in [0, 0.1) is 5.92 Å². The quantitative estimate of drug-likeness (QED) is 0.864. The zero-order chi connectivity index (χ0) is 12.3. The third-order valence-corrected chi connectivity index (χ3v) is 4.07. The number of nitrogens with zero attached hydrogens (tertiary/aromatic N) is 1. The van der Waals surface area contributed by atoms with Gasteiger partial charge in [0.1, 0.15) is 0 Å². The zero-order valence-corrected chi connectivity index (χ0v) is 10.8. The van der Waals surface area contributed by atoms with Crippen LogP contribution < -0.4 is 0 Å². The van der Waals surface area contributed by atoms with Gasteiger partial charge in [-0.05, 0) is 31.4 Å². The van der Waals surface area contributed by atoms with Gasteiger partial charge in [0.25, 0.3) is 0 Å². The average Bonchev–Trinajstić information content (AvgIpc) is 2.87. The Kier molecular flexibility index (Phi) is 4.19. The highest BCUT2D eigenvalue weighted by Crippen LogP contribution is 2.27. The van der Waals surface area contributed by atoms with Crippen LogP contribution in [-0.2, 0) is 0 Å². The first kappa shape index (κ1) is 12.6. The Balaban J connectivity index is 1.98. The van der Waals surface area contributed by atoms with Gasteiger partial charge < -0.3 is 5.11 Å². The van der Waals surface area contributed by atoms with Gasteiger partial charge >= 0.3 is 0 Å². The Morgan fingerprint density at radius 3 is 2.65 bits per heavy atom.